The predicted molar refractivity (Wildman–Crippen MR) is 95.3 cm³/mol. The van der Waals surface area contributed by atoms with Crippen LogP contribution in [0.15, 0.2) is 36.7 Å². The molecule has 0 unspecified atom stereocenters. The van der Waals surface area contributed by atoms with Crippen LogP contribution in [0.4, 0.5) is 0 Å². The number of Topliss-reactive ketones (excluding diaryl/α,β-unsaturated/α-hetero) is 1. The lowest BCUT2D eigenvalue weighted by molar-refractivity contribution is 0.0918. The zero-order valence-electron chi connectivity index (χ0n) is 13.1. The standard InChI is InChI=1S/C18H14Cl2N2O2/c1-10-3-4-11(2)13(5-10)16(23)8-24-18-14-6-12(19)7-15(20)17(14)21-9-22-18/h3-7,9H,8H2,1-2H3. The number of hydrogen-bond donors (Lipinski definition) is 0. The SMILES string of the molecule is Cc1ccc(C)c(C(=O)COc2ncnc3c(Cl)cc(Cl)cc23)c1. The molecule has 0 spiro atoms. The lowest BCUT2D eigenvalue weighted by atomic mass is 10.0. The first-order valence-electron chi connectivity index (χ1n) is 7.28. The Morgan fingerprint density at radius 3 is 2.71 bits per heavy atom. The Balaban J connectivity index is 1.88. The van der Waals surface area contributed by atoms with Gasteiger partial charge in [-0.2, -0.15) is 0 Å². The molecule has 4 nitrogen and oxygen atoms in total. The molecule has 0 radical (unpaired) electrons. The second kappa shape index (κ2) is 6.75. The third kappa shape index (κ3) is 3.35. The fraction of sp³-hybridized carbons (Fsp3) is 0.167. The molecule has 24 heavy (non-hydrogen) atoms. The first kappa shape index (κ1) is 16.7. The first-order chi connectivity index (χ1) is 11.5. The second-order valence-corrected chi connectivity index (χ2v) is 6.34. The van der Waals surface area contributed by atoms with Crippen molar-refractivity contribution in [1.82, 2.24) is 9.97 Å². The number of ether oxygens (including phenoxy) is 1. The highest BCUT2D eigenvalue weighted by Gasteiger charge is 2.14. The van der Waals surface area contributed by atoms with Gasteiger partial charge in [0.1, 0.15) is 6.33 Å². The maximum Gasteiger partial charge on any atom is 0.225 e. The number of aromatic nitrogens is 2. The molecule has 1 heterocycles. The molecule has 2 aromatic carbocycles. The molecular formula is C18H14Cl2N2O2. The summed E-state index contributed by atoms with van der Waals surface area (Å²) in [5.74, 6) is 0.166. The number of hydrogen-bond acceptors (Lipinski definition) is 4. The van der Waals surface area contributed by atoms with Crippen LogP contribution in [0.1, 0.15) is 21.5 Å². The number of benzene rings is 2. The van der Waals surface area contributed by atoms with Crippen molar-refractivity contribution in [2.75, 3.05) is 6.61 Å². The van der Waals surface area contributed by atoms with E-state index in [9.17, 15) is 4.79 Å². The zero-order chi connectivity index (χ0) is 17.3. The maximum atomic E-state index is 12.4. The predicted octanol–water partition coefficient (Wildman–Crippen LogP) is 4.82. The molecule has 6 heteroatoms. The van der Waals surface area contributed by atoms with Crippen LogP contribution in [0.2, 0.25) is 10.0 Å². The summed E-state index contributed by atoms with van der Waals surface area (Å²) < 4.78 is 5.62. The van der Waals surface area contributed by atoms with Crippen molar-refractivity contribution >= 4 is 39.9 Å². The average Bonchev–Trinajstić information content (AvgIpc) is 2.55. The van der Waals surface area contributed by atoms with Gasteiger partial charge in [-0.3, -0.25) is 4.79 Å². The fourth-order valence-corrected chi connectivity index (χ4v) is 2.97. The van der Waals surface area contributed by atoms with E-state index >= 15 is 0 Å². The third-order valence-electron chi connectivity index (χ3n) is 3.65. The summed E-state index contributed by atoms with van der Waals surface area (Å²) in [7, 11) is 0. The van der Waals surface area contributed by atoms with Crippen LogP contribution in [-0.4, -0.2) is 22.4 Å². The van der Waals surface area contributed by atoms with Crippen LogP contribution in [0.5, 0.6) is 5.88 Å². The van der Waals surface area contributed by atoms with E-state index in [4.69, 9.17) is 27.9 Å². The van der Waals surface area contributed by atoms with Crippen molar-refractivity contribution < 1.29 is 9.53 Å². The molecule has 0 atom stereocenters. The molecule has 3 aromatic rings. The van der Waals surface area contributed by atoms with Crippen molar-refractivity contribution in [3.05, 3.63) is 63.4 Å². The zero-order valence-corrected chi connectivity index (χ0v) is 14.6. The van der Waals surface area contributed by atoms with Gasteiger partial charge in [0.2, 0.25) is 11.7 Å². The third-order valence-corrected chi connectivity index (χ3v) is 4.16. The van der Waals surface area contributed by atoms with E-state index in [0.717, 1.165) is 11.1 Å². The summed E-state index contributed by atoms with van der Waals surface area (Å²) in [5, 5.41) is 1.43. The van der Waals surface area contributed by atoms with E-state index in [2.05, 4.69) is 9.97 Å². The van der Waals surface area contributed by atoms with Gasteiger partial charge in [-0.1, -0.05) is 40.9 Å². The van der Waals surface area contributed by atoms with Crippen molar-refractivity contribution in [2.45, 2.75) is 13.8 Å². The largest absolute Gasteiger partial charge is 0.469 e. The van der Waals surface area contributed by atoms with Crippen LogP contribution in [0, 0.1) is 13.8 Å². The Hall–Kier alpha value is -2.17. The van der Waals surface area contributed by atoms with Crippen LogP contribution in [0.25, 0.3) is 10.9 Å². The molecule has 0 aliphatic heterocycles. The van der Waals surface area contributed by atoms with Crippen molar-refractivity contribution in [3.8, 4) is 5.88 Å². The molecule has 1 aromatic heterocycles. The number of carbonyl (C=O) groups is 1. The smallest absolute Gasteiger partial charge is 0.225 e. The van der Waals surface area contributed by atoms with Gasteiger partial charge in [0, 0.05) is 10.6 Å². The lowest BCUT2D eigenvalue weighted by Gasteiger charge is -2.10. The summed E-state index contributed by atoms with van der Waals surface area (Å²) >= 11 is 12.2. The Morgan fingerprint density at radius 1 is 1.12 bits per heavy atom. The van der Waals surface area contributed by atoms with Crippen LogP contribution in [0.3, 0.4) is 0 Å². The van der Waals surface area contributed by atoms with Gasteiger partial charge >= 0.3 is 0 Å². The molecule has 0 saturated carbocycles. The minimum absolute atomic E-state index is 0.115. The number of aryl methyl sites for hydroxylation is 2. The van der Waals surface area contributed by atoms with Gasteiger partial charge < -0.3 is 4.74 Å². The van der Waals surface area contributed by atoms with Gasteiger partial charge in [-0.25, -0.2) is 9.97 Å². The van der Waals surface area contributed by atoms with Crippen LogP contribution in [-0.2, 0) is 0 Å². The highest BCUT2D eigenvalue weighted by Crippen LogP contribution is 2.30. The Bertz CT molecular complexity index is 942. The van der Waals surface area contributed by atoms with Crippen LogP contribution < -0.4 is 4.74 Å². The molecule has 0 aliphatic carbocycles. The minimum Gasteiger partial charge on any atom is -0.469 e. The van der Waals surface area contributed by atoms with Crippen molar-refractivity contribution in [1.29, 1.82) is 0 Å². The van der Waals surface area contributed by atoms with Gasteiger partial charge in [0.25, 0.3) is 0 Å². The summed E-state index contributed by atoms with van der Waals surface area (Å²) in [5.41, 5.74) is 3.11. The van der Waals surface area contributed by atoms with E-state index in [1.807, 2.05) is 32.0 Å². The Labute approximate surface area is 149 Å². The highest BCUT2D eigenvalue weighted by atomic mass is 35.5. The first-order valence-corrected chi connectivity index (χ1v) is 8.04. The quantitative estimate of drug-likeness (QED) is 0.626. The molecule has 0 saturated heterocycles. The Morgan fingerprint density at radius 2 is 1.92 bits per heavy atom. The van der Waals surface area contributed by atoms with E-state index in [-0.39, 0.29) is 18.3 Å². The van der Waals surface area contributed by atoms with Gasteiger partial charge in [0.15, 0.2) is 6.61 Å². The number of fused-ring (bicyclic) bond motifs is 1. The summed E-state index contributed by atoms with van der Waals surface area (Å²) in [6.45, 7) is 3.71. The molecule has 0 aliphatic rings. The number of nitrogens with zero attached hydrogens (tertiary/aromatic N) is 2. The minimum atomic E-state index is -0.124. The maximum absolute atomic E-state index is 12.4. The molecule has 122 valence electrons. The Kier molecular flexibility index (Phi) is 4.69. The molecule has 0 fully saturated rings. The molecule has 0 N–H and O–H groups in total. The number of carbonyl (C=O) groups excluding carboxylic acids is 1. The van der Waals surface area contributed by atoms with Gasteiger partial charge in [0.05, 0.1) is 15.9 Å². The van der Waals surface area contributed by atoms with Crippen LogP contribution >= 0.6 is 23.2 Å². The monoisotopic (exact) mass is 360 g/mol. The summed E-state index contributed by atoms with van der Waals surface area (Å²) in [6.07, 6.45) is 1.35. The normalized spacial score (nSPS) is 10.8. The van der Waals surface area contributed by atoms with E-state index in [1.54, 1.807) is 12.1 Å². The summed E-state index contributed by atoms with van der Waals surface area (Å²) in [6, 6.07) is 9.01. The van der Waals surface area contributed by atoms with E-state index in [1.165, 1.54) is 6.33 Å². The van der Waals surface area contributed by atoms with E-state index in [0.29, 0.717) is 26.5 Å². The average molecular weight is 361 g/mol. The fourth-order valence-electron chi connectivity index (χ4n) is 2.43. The summed E-state index contributed by atoms with van der Waals surface area (Å²) in [4.78, 5) is 20.7. The molecular weight excluding hydrogens is 347 g/mol. The molecule has 0 amide bonds. The van der Waals surface area contributed by atoms with E-state index < -0.39 is 0 Å². The van der Waals surface area contributed by atoms with Crippen molar-refractivity contribution in [2.24, 2.45) is 0 Å². The molecule has 0 bridgehead atoms. The number of halogens is 2. The van der Waals surface area contributed by atoms with Gasteiger partial charge in [-0.15, -0.1) is 0 Å². The lowest BCUT2D eigenvalue weighted by Crippen LogP contribution is -2.14. The topological polar surface area (TPSA) is 52.1 Å². The number of rotatable bonds is 4. The van der Waals surface area contributed by atoms with Gasteiger partial charge in [-0.05, 0) is 37.6 Å². The highest BCUT2D eigenvalue weighted by molar-refractivity contribution is 6.38. The van der Waals surface area contributed by atoms with Crippen molar-refractivity contribution in [3.63, 3.8) is 0 Å². The second-order valence-electron chi connectivity index (χ2n) is 5.49. The molecule has 3 rings (SSSR count). The number of ketones is 1.